The van der Waals surface area contributed by atoms with E-state index in [1.807, 2.05) is 18.2 Å². The summed E-state index contributed by atoms with van der Waals surface area (Å²) in [6.07, 6.45) is 2.08. The van der Waals surface area contributed by atoms with Crippen LogP contribution in [-0.2, 0) is 16.6 Å². The van der Waals surface area contributed by atoms with Crippen LogP contribution in [0.1, 0.15) is 12.0 Å². The third kappa shape index (κ3) is 5.58. The van der Waals surface area contributed by atoms with Crippen molar-refractivity contribution in [3.8, 4) is 0 Å². The summed E-state index contributed by atoms with van der Waals surface area (Å²) in [6.45, 7) is 0.873. The Morgan fingerprint density at radius 3 is 2.13 bits per heavy atom. The van der Waals surface area contributed by atoms with Gasteiger partial charge in [0, 0.05) is 32.0 Å². The number of anilines is 2. The van der Waals surface area contributed by atoms with Crippen molar-refractivity contribution in [1.29, 1.82) is 0 Å². The van der Waals surface area contributed by atoms with Crippen LogP contribution in [0, 0.1) is 0 Å². The van der Waals surface area contributed by atoms with Crippen LogP contribution >= 0.6 is 0 Å². The lowest BCUT2D eigenvalue weighted by Crippen LogP contribution is -2.28. The molecule has 5 nitrogen and oxygen atoms in total. The van der Waals surface area contributed by atoms with Crippen molar-refractivity contribution in [3.63, 3.8) is 0 Å². The van der Waals surface area contributed by atoms with E-state index in [-0.39, 0.29) is 0 Å². The van der Waals surface area contributed by atoms with Crippen LogP contribution in [0.2, 0.25) is 0 Å². The molecule has 0 saturated carbocycles. The summed E-state index contributed by atoms with van der Waals surface area (Å²) in [6, 6.07) is 17.6. The first kappa shape index (κ1) is 17.3. The molecule has 0 radical (unpaired) electrons. The molecule has 2 aromatic carbocycles. The molecule has 0 bridgehead atoms. The lowest BCUT2D eigenvalue weighted by Gasteiger charge is -2.14. The Morgan fingerprint density at radius 1 is 0.913 bits per heavy atom. The quantitative estimate of drug-likeness (QED) is 0.730. The summed E-state index contributed by atoms with van der Waals surface area (Å²) < 4.78 is 27.1. The molecule has 0 aromatic heterocycles. The summed E-state index contributed by atoms with van der Waals surface area (Å²) in [5.74, 6) is 0. The summed E-state index contributed by atoms with van der Waals surface area (Å²) >= 11 is 0. The standard InChI is InChI=1S/C17H23N3O2S/c1-20(2)23(21,22)19-17-12-10-16(11-13-17)18-14-6-9-15-7-4-3-5-8-15/h3-5,7-8,10-13,18-19H,6,9,14H2,1-2H3. The fourth-order valence-electron chi connectivity index (χ4n) is 2.07. The maximum atomic E-state index is 11.7. The molecule has 0 spiro atoms. The Kier molecular flexibility index (Phi) is 6.01. The molecule has 2 rings (SSSR count). The van der Waals surface area contributed by atoms with Gasteiger partial charge in [0.2, 0.25) is 0 Å². The van der Waals surface area contributed by atoms with Gasteiger partial charge in [-0.25, -0.2) is 0 Å². The highest BCUT2D eigenvalue weighted by Gasteiger charge is 2.12. The van der Waals surface area contributed by atoms with Gasteiger partial charge in [0.1, 0.15) is 0 Å². The largest absolute Gasteiger partial charge is 0.385 e. The average molecular weight is 333 g/mol. The number of benzene rings is 2. The molecule has 0 atom stereocenters. The molecule has 6 heteroatoms. The Labute approximate surface area is 138 Å². The minimum atomic E-state index is -3.45. The van der Waals surface area contributed by atoms with Gasteiger partial charge in [0.05, 0.1) is 0 Å². The van der Waals surface area contributed by atoms with E-state index in [9.17, 15) is 8.42 Å². The third-order valence-corrected chi connectivity index (χ3v) is 4.88. The lowest BCUT2D eigenvalue weighted by atomic mass is 10.1. The topological polar surface area (TPSA) is 61.4 Å². The van der Waals surface area contributed by atoms with Crippen LogP contribution in [0.3, 0.4) is 0 Å². The molecule has 0 aliphatic carbocycles. The van der Waals surface area contributed by atoms with Crippen LogP contribution < -0.4 is 10.0 Å². The molecule has 0 amide bonds. The molecule has 124 valence electrons. The lowest BCUT2D eigenvalue weighted by molar-refractivity contribution is 0.527. The van der Waals surface area contributed by atoms with E-state index in [0.717, 1.165) is 29.4 Å². The molecule has 23 heavy (non-hydrogen) atoms. The number of nitrogens with zero attached hydrogens (tertiary/aromatic N) is 1. The second kappa shape index (κ2) is 7.99. The second-order valence-electron chi connectivity index (χ2n) is 5.48. The van der Waals surface area contributed by atoms with Crippen LogP contribution in [-0.4, -0.2) is 33.4 Å². The molecule has 0 aliphatic heterocycles. The molecule has 0 heterocycles. The molecule has 0 aliphatic rings. The van der Waals surface area contributed by atoms with Gasteiger partial charge in [0.25, 0.3) is 0 Å². The van der Waals surface area contributed by atoms with Crippen molar-refractivity contribution in [2.24, 2.45) is 0 Å². The molecular weight excluding hydrogens is 310 g/mol. The molecule has 0 unspecified atom stereocenters. The van der Waals surface area contributed by atoms with Crippen LogP contribution in [0.15, 0.2) is 54.6 Å². The first-order valence-corrected chi connectivity index (χ1v) is 8.99. The van der Waals surface area contributed by atoms with E-state index in [0.29, 0.717) is 5.69 Å². The fourth-order valence-corrected chi connectivity index (χ4v) is 2.68. The number of aryl methyl sites for hydroxylation is 1. The summed E-state index contributed by atoms with van der Waals surface area (Å²) in [5, 5.41) is 3.34. The van der Waals surface area contributed by atoms with Gasteiger partial charge in [-0.2, -0.15) is 12.7 Å². The molecule has 0 fully saturated rings. The molecule has 0 saturated heterocycles. The normalized spacial score (nSPS) is 11.4. The zero-order chi connectivity index (χ0) is 16.7. The van der Waals surface area contributed by atoms with Gasteiger partial charge in [-0.1, -0.05) is 30.3 Å². The van der Waals surface area contributed by atoms with Crippen molar-refractivity contribution >= 4 is 21.6 Å². The highest BCUT2D eigenvalue weighted by molar-refractivity contribution is 7.90. The van der Waals surface area contributed by atoms with Crippen LogP contribution in [0.4, 0.5) is 11.4 Å². The maximum Gasteiger partial charge on any atom is 0.301 e. The SMILES string of the molecule is CN(C)S(=O)(=O)Nc1ccc(NCCCc2ccccc2)cc1. The number of hydrogen-bond donors (Lipinski definition) is 2. The van der Waals surface area contributed by atoms with Crippen molar-refractivity contribution in [2.45, 2.75) is 12.8 Å². The summed E-state index contributed by atoms with van der Waals surface area (Å²) in [4.78, 5) is 0. The van der Waals surface area contributed by atoms with E-state index in [2.05, 4.69) is 34.3 Å². The van der Waals surface area contributed by atoms with Crippen molar-refractivity contribution in [3.05, 3.63) is 60.2 Å². The Balaban J connectivity index is 1.79. The maximum absolute atomic E-state index is 11.7. The second-order valence-corrected chi connectivity index (χ2v) is 7.37. The van der Waals surface area contributed by atoms with Crippen LogP contribution in [0.5, 0.6) is 0 Å². The monoisotopic (exact) mass is 333 g/mol. The highest BCUT2D eigenvalue weighted by atomic mass is 32.2. The van der Waals surface area contributed by atoms with Gasteiger partial charge in [-0.15, -0.1) is 0 Å². The van der Waals surface area contributed by atoms with Gasteiger partial charge < -0.3 is 5.32 Å². The fraction of sp³-hybridized carbons (Fsp3) is 0.294. The summed E-state index contributed by atoms with van der Waals surface area (Å²) in [7, 11) is -0.471. The van der Waals surface area contributed by atoms with Crippen molar-refractivity contribution < 1.29 is 8.42 Å². The highest BCUT2D eigenvalue weighted by Crippen LogP contribution is 2.15. The molecule has 2 aromatic rings. The molecule has 2 N–H and O–H groups in total. The van der Waals surface area contributed by atoms with Gasteiger partial charge in [0.15, 0.2) is 0 Å². The van der Waals surface area contributed by atoms with Gasteiger partial charge >= 0.3 is 10.2 Å². The van der Waals surface area contributed by atoms with E-state index >= 15 is 0 Å². The third-order valence-electron chi connectivity index (χ3n) is 3.43. The minimum absolute atomic E-state index is 0.550. The predicted octanol–water partition coefficient (Wildman–Crippen LogP) is 2.95. The van der Waals surface area contributed by atoms with E-state index in [1.165, 1.54) is 19.7 Å². The van der Waals surface area contributed by atoms with Crippen molar-refractivity contribution in [2.75, 3.05) is 30.7 Å². The minimum Gasteiger partial charge on any atom is -0.385 e. The number of hydrogen-bond acceptors (Lipinski definition) is 3. The first-order valence-electron chi connectivity index (χ1n) is 7.55. The van der Waals surface area contributed by atoms with Crippen LogP contribution in [0.25, 0.3) is 0 Å². The van der Waals surface area contributed by atoms with E-state index < -0.39 is 10.2 Å². The van der Waals surface area contributed by atoms with Crippen molar-refractivity contribution in [1.82, 2.24) is 4.31 Å². The zero-order valence-electron chi connectivity index (χ0n) is 13.5. The average Bonchev–Trinajstić information content (AvgIpc) is 2.54. The predicted molar refractivity (Wildman–Crippen MR) is 95.9 cm³/mol. The number of nitrogens with one attached hydrogen (secondary N) is 2. The smallest absolute Gasteiger partial charge is 0.301 e. The van der Waals surface area contributed by atoms with Gasteiger partial charge in [-0.3, -0.25) is 4.72 Å². The summed E-state index contributed by atoms with van der Waals surface area (Å²) in [5.41, 5.74) is 2.86. The van der Waals surface area contributed by atoms with E-state index in [4.69, 9.17) is 0 Å². The Morgan fingerprint density at radius 2 is 1.52 bits per heavy atom. The Hall–Kier alpha value is -2.05. The number of rotatable bonds is 8. The van der Waals surface area contributed by atoms with Gasteiger partial charge in [-0.05, 0) is 42.7 Å². The van der Waals surface area contributed by atoms with E-state index in [1.54, 1.807) is 12.1 Å². The zero-order valence-corrected chi connectivity index (χ0v) is 14.3. The first-order chi connectivity index (χ1) is 11.0. The molecular formula is C17H23N3O2S. The Bertz CT molecular complexity index is 698.